The number of nitrogens with zero attached hydrogens (tertiary/aromatic N) is 1. The molecule has 0 aromatic heterocycles. The van der Waals surface area contributed by atoms with Crippen molar-refractivity contribution in [3.05, 3.63) is 28.8 Å². The highest BCUT2D eigenvalue weighted by Gasteiger charge is 2.15. The average molecular weight is 297 g/mol. The standard InChI is InChI=1S/C17H29ClN2/c1-12(2)9-14(5)20(6)17-8-7-16(18)10-15(17)11-19-13(3)4/h7-8,10,12-14,19H,9,11H2,1-6H3. The Bertz CT molecular complexity index is 415. The van der Waals surface area contributed by atoms with Gasteiger partial charge in [-0.3, -0.25) is 0 Å². The second kappa shape index (κ2) is 7.90. The van der Waals surface area contributed by atoms with E-state index >= 15 is 0 Å². The fourth-order valence-electron chi connectivity index (χ4n) is 2.43. The van der Waals surface area contributed by atoms with Crippen molar-refractivity contribution >= 4 is 17.3 Å². The molecule has 1 rings (SSSR count). The number of nitrogens with one attached hydrogen (secondary N) is 1. The summed E-state index contributed by atoms with van der Waals surface area (Å²) in [5.74, 6) is 0.706. The highest BCUT2D eigenvalue weighted by molar-refractivity contribution is 6.30. The fourth-order valence-corrected chi connectivity index (χ4v) is 2.63. The molecule has 0 saturated heterocycles. The highest BCUT2D eigenvalue weighted by atomic mass is 35.5. The second-order valence-corrected chi connectivity index (χ2v) is 6.83. The van der Waals surface area contributed by atoms with Gasteiger partial charge in [0.1, 0.15) is 0 Å². The Morgan fingerprint density at radius 2 is 1.80 bits per heavy atom. The largest absolute Gasteiger partial charge is 0.372 e. The highest BCUT2D eigenvalue weighted by Crippen LogP contribution is 2.26. The lowest BCUT2D eigenvalue weighted by molar-refractivity contribution is 0.502. The number of anilines is 1. The minimum absolute atomic E-state index is 0.472. The Morgan fingerprint density at radius 1 is 1.15 bits per heavy atom. The van der Waals surface area contributed by atoms with E-state index in [-0.39, 0.29) is 0 Å². The Balaban J connectivity index is 2.91. The zero-order valence-corrected chi connectivity index (χ0v) is 14.5. The third kappa shape index (κ3) is 5.34. The van der Waals surface area contributed by atoms with Gasteiger partial charge in [0, 0.05) is 36.4 Å². The predicted octanol–water partition coefficient (Wildman–Crippen LogP) is 4.71. The zero-order valence-electron chi connectivity index (χ0n) is 13.7. The van der Waals surface area contributed by atoms with Crippen LogP contribution in [0.25, 0.3) is 0 Å². The summed E-state index contributed by atoms with van der Waals surface area (Å²) in [6, 6.07) is 7.18. The molecule has 0 radical (unpaired) electrons. The molecule has 0 aliphatic carbocycles. The lowest BCUT2D eigenvalue weighted by Crippen LogP contribution is -2.32. The van der Waals surface area contributed by atoms with E-state index in [2.05, 4.69) is 64.0 Å². The van der Waals surface area contributed by atoms with Gasteiger partial charge < -0.3 is 10.2 Å². The lowest BCUT2D eigenvalue weighted by Gasteiger charge is -2.30. The van der Waals surface area contributed by atoms with Crippen molar-refractivity contribution in [3.63, 3.8) is 0 Å². The SMILES string of the molecule is CC(C)CC(C)N(C)c1ccc(Cl)cc1CNC(C)C. The van der Waals surface area contributed by atoms with Crippen molar-refractivity contribution in [3.8, 4) is 0 Å². The van der Waals surface area contributed by atoms with Gasteiger partial charge in [0.2, 0.25) is 0 Å². The Kier molecular flexibility index (Phi) is 6.84. The molecule has 1 atom stereocenters. The molecule has 0 spiro atoms. The zero-order chi connectivity index (χ0) is 15.3. The number of halogens is 1. The third-order valence-electron chi connectivity index (χ3n) is 3.60. The van der Waals surface area contributed by atoms with E-state index < -0.39 is 0 Å². The minimum atomic E-state index is 0.472. The molecule has 0 saturated carbocycles. The molecule has 114 valence electrons. The monoisotopic (exact) mass is 296 g/mol. The van der Waals surface area contributed by atoms with Gasteiger partial charge in [0.25, 0.3) is 0 Å². The van der Waals surface area contributed by atoms with Crippen LogP contribution < -0.4 is 10.2 Å². The van der Waals surface area contributed by atoms with E-state index in [1.807, 2.05) is 6.07 Å². The summed E-state index contributed by atoms with van der Waals surface area (Å²) >= 11 is 6.15. The third-order valence-corrected chi connectivity index (χ3v) is 3.83. The first-order valence-corrected chi connectivity index (χ1v) is 7.93. The van der Waals surface area contributed by atoms with Crippen molar-refractivity contribution in [2.45, 2.75) is 59.7 Å². The van der Waals surface area contributed by atoms with Gasteiger partial charge in [-0.1, -0.05) is 39.3 Å². The van der Waals surface area contributed by atoms with Crippen LogP contribution in [0.5, 0.6) is 0 Å². The maximum Gasteiger partial charge on any atom is 0.0412 e. The molecule has 0 amide bonds. The molecule has 1 aromatic rings. The minimum Gasteiger partial charge on any atom is -0.372 e. The molecule has 20 heavy (non-hydrogen) atoms. The topological polar surface area (TPSA) is 15.3 Å². The van der Waals surface area contributed by atoms with Crippen LogP contribution in [-0.2, 0) is 6.54 Å². The molecule has 0 fully saturated rings. The molecule has 0 bridgehead atoms. The summed E-state index contributed by atoms with van der Waals surface area (Å²) in [5.41, 5.74) is 2.54. The van der Waals surface area contributed by atoms with Crippen molar-refractivity contribution < 1.29 is 0 Å². The fraction of sp³-hybridized carbons (Fsp3) is 0.647. The van der Waals surface area contributed by atoms with E-state index in [0.29, 0.717) is 18.0 Å². The van der Waals surface area contributed by atoms with Crippen LogP contribution in [-0.4, -0.2) is 19.1 Å². The van der Waals surface area contributed by atoms with Crippen LogP contribution in [0.15, 0.2) is 18.2 Å². The Hall–Kier alpha value is -0.730. The number of rotatable bonds is 7. The van der Waals surface area contributed by atoms with E-state index in [9.17, 15) is 0 Å². The van der Waals surface area contributed by atoms with Gasteiger partial charge in [-0.2, -0.15) is 0 Å². The quantitative estimate of drug-likeness (QED) is 0.784. The summed E-state index contributed by atoms with van der Waals surface area (Å²) in [7, 11) is 2.18. The van der Waals surface area contributed by atoms with Crippen LogP contribution in [0.2, 0.25) is 5.02 Å². The molecule has 2 nitrogen and oxygen atoms in total. The maximum atomic E-state index is 6.15. The molecule has 0 aliphatic heterocycles. The Labute approximate surface area is 129 Å². The molecule has 1 N–H and O–H groups in total. The van der Waals surface area contributed by atoms with Gasteiger partial charge in [-0.25, -0.2) is 0 Å². The van der Waals surface area contributed by atoms with Gasteiger partial charge in [-0.15, -0.1) is 0 Å². The molecule has 3 heteroatoms. The van der Waals surface area contributed by atoms with Crippen molar-refractivity contribution in [1.29, 1.82) is 0 Å². The first-order chi connectivity index (χ1) is 9.31. The van der Waals surface area contributed by atoms with Crippen LogP contribution in [0.3, 0.4) is 0 Å². The van der Waals surface area contributed by atoms with E-state index in [0.717, 1.165) is 11.6 Å². The van der Waals surface area contributed by atoms with Crippen LogP contribution in [0, 0.1) is 5.92 Å². The van der Waals surface area contributed by atoms with Crippen LogP contribution >= 0.6 is 11.6 Å². The normalized spacial score (nSPS) is 13.1. The maximum absolute atomic E-state index is 6.15. The Morgan fingerprint density at radius 3 is 2.35 bits per heavy atom. The summed E-state index contributed by atoms with van der Waals surface area (Å²) in [5, 5.41) is 4.28. The van der Waals surface area contributed by atoms with E-state index in [1.165, 1.54) is 17.7 Å². The summed E-state index contributed by atoms with van der Waals surface area (Å²) in [4.78, 5) is 2.37. The van der Waals surface area contributed by atoms with E-state index in [1.54, 1.807) is 0 Å². The van der Waals surface area contributed by atoms with Crippen LogP contribution in [0.1, 0.15) is 46.6 Å². The molecule has 0 aliphatic rings. The first-order valence-electron chi connectivity index (χ1n) is 7.56. The molecular weight excluding hydrogens is 268 g/mol. The van der Waals surface area contributed by atoms with E-state index in [4.69, 9.17) is 11.6 Å². The summed E-state index contributed by atoms with van der Waals surface area (Å²) in [6.07, 6.45) is 1.19. The lowest BCUT2D eigenvalue weighted by atomic mass is 10.0. The van der Waals surface area contributed by atoms with Crippen molar-refractivity contribution in [1.82, 2.24) is 5.32 Å². The van der Waals surface area contributed by atoms with Gasteiger partial charge in [0.05, 0.1) is 0 Å². The van der Waals surface area contributed by atoms with Gasteiger partial charge >= 0.3 is 0 Å². The number of hydrogen-bond donors (Lipinski definition) is 1. The van der Waals surface area contributed by atoms with Gasteiger partial charge in [0.15, 0.2) is 0 Å². The molecule has 1 aromatic carbocycles. The van der Waals surface area contributed by atoms with Crippen molar-refractivity contribution in [2.24, 2.45) is 5.92 Å². The predicted molar refractivity (Wildman–Crippen MR) is 90.7 cm³/mol. The number of benzene rings is 1. The summed E-state index contributed by atoms with van der Waals surface area (Å²) in [6.45, 7) is 12.0. The average Bonchev–Trinajstić information content (AvgIpc) is 2.34. The second-order valence-electron chi connectivity index (χ2n) is 6.40. The van der Waals surface area contributed by atoms with Crippen LogP contribution in [0.4, 0.5) is 5.69 Å². The summed E-state index contributed by atoms with van der Waals surface area (Å²) < 4.78 is 0. The number of hydrogen-bond acceptors (Lipinski definition) is 2. The smallest absolute Gasteiger partial charge is 0.0412 e. The van der Waals surface area contributed by atoms with Crippen molar-refractivity contribution in [2.75, 3.05) is 11.9 Å². The molecule has 1 unspecified atom stereocenters. The first kappa shape index (κ1) is 17.3. The molecular formula is C17H29ClN2. The molecule has 0 heterocycles. The van der Waals surface area contributed by atoms with Gasteiger partial charge in [-0.05, 0) is 43.0 Å².